The second-order valence-electron chi connectivity index (χ2n) is 5.41. The Bertz CT molecular complexity index is 318. The van der Waals surface area contributed by atoms with Gasteiger partial charge >= 0.3 is 5.97 Å². The zero-order valence-electron chi connectivity index (χ0n) is 10.2. The third-order valence-electron chi connectivity index (χ3n) is 3.86. The van der Waals surface area contributed by atoms with Gasteiger partial charge in [-0.25, -0.2) is 0 Å². The van der Waals surface area contributed by atoms with Crippen LogP contribution >= 0.6 is 0 Å². The monoisotopic (exact) mass is 240 g/mol. The zero-order chi connectivity index (χ0) is 12.5. The summed E-state index contributed by atoms with van der Waals surface area (Å²) < 4.78 is 0. The SMILES string of the molecule is CC1(NCC(=O)N2CCC(C(=O)O)CC2)CC1. The maximum atomic E-state index is 11.9. The van der Waals surface area contributed by atoms with Gasteiger partial charge in [0.15, 0.2) is 0 Å². The van der Waals surface area contributed by atoms with E-state index in [9.17, 15) is 9.59 Å². The summed E-state index contributed by atoms with van der Waals surface area (Å²) in [5, 5.41) is 12.1. The molecule has 1 heterocycles. The van der Waals surface area contributed by atoms with Gasteiger partial charge in [0.2, 0.25) is 5.91 Å². The van der Waals surface area contributed by atoms with E-state index in [2.05, 4.69) is 12.2 Å². The smallest absolute Gasteiger partial charge is 0.306 e. The molecule has 1 aliphatic carbocycles. The predicted molar refractivity (Wildman–Crippen MR) is 62.6 cm³/mol. The molecule has 2 fully saturated rings. The quantitative estimate of drug-likeness (QED) is 0.748. The first kappa shape index (κ1) is 12.4. The first-order valence-corrected chi connectivity index (χ1v) is 6.26. The van der Waals surface area contributed by atoms with E-state index in [4.69, 9.17) is 5.11 Å². The van der Waals surface area contributed by atoms with Crippen LogP contribution in [0.2, 0.25) is 0 Å². The van der Waals surface area contributed by atoms with Crippen molar-refractivity contribution in [1.82, 2.24) is 10.2 Å². The van der Waals surface area contributed by atoms with Crippen molar-refractivity contribution in [1.29, 1.82) is 0 Å². The molecular formula is C12H20N2O3. The molecule has 0 aromatic carbocycles. The molecule has 0 radical (unpaired) electrons. The molecule has 0 bridgehead atoms. The average molecular weight is 240 g/mol. The Kier molecular flexibility index (Phi) is 3.38. The molecule has 2 aliphatic rings. The molecule has 2 N–H and O–H groups in total. The molecule has 2 rings (SSSR count). The van der Waals surface area contributed by atoms with Crippen molar-refractivity contribution in [3.63, 3.8) is 0 Å². The van der Waals surface area contributed by atoms with E-state index in [1.807, 2.05) is 0 Å². The Morgan fingerprint density at radius 3 is 2.41 bits per heavy atom. The number of nitrogens with zero attached hydrogens (tertiary/aromatic N) is 1. The lowest BCUT2D eigenvalue weighted by molar-refractivity contribution is -0.145. The van der Waals surface area contributed by atoms with Crippen LogP contribution in [-0.2, 0) is 9.59 Å². The van der Waals surface area contributed by atoms with Crippen LogP contribution < -0.4 is 5.32 Å². The highest BCUT2D eigenvalue weighted by Crippen LogP contribution is 2.33. The van der Waals surface area contributed by atoms with Crippen LogP contribution in [0.15, 0.2) is 0 Å². The maximum Gasteiger partial charge on any atom is 0.306 e. The molecule has 1 aliphatic heterocycles. The van der Waals surface area contributed by atoms with Crippen LogP contribution in [0.4, 0.5) is 0 Å². The normalized spacial score (nSPS) is 23.5. The summed E-state index contributed by atoms with van der Waals surface area (Å²) in [6, 6.07) is 0. The number of carboxylic acid groups (broad SMARTS) is 1. The van der Waals surface area contributed by atoms with Gasteiger partial charge in [-0.05, 0) is 32.6 Å². The van der Waals surface area contributed by atoms with Gasteiger partial charge in [0.05, 0.1) is 12.5 Å². The van der Waals surface area contributed by atoms with Gasteiger partial charge in [-0.1, -0.05) is 0 Å². The lowest BCUT2D eigenvalue weighted by Crippen LogP contribution is -2.45. The lowest BCUT2D eigenvalue weighted by Gasteiger charge is -2.30. The summed E-state index contributed by atoms with van der Waals surface area (Å²) >= 11 is 0. The highest BCUT2D eigenvalue weighted by Gasteiger charge is 2.37. The fourth-order valence-electron chi connectivity index (χ4n) is 2.14. The maximum absolute atomic E-state index is 11.9. The Balaban J connectivity index is 1.72. The van der Waals surface area contributed by atoms with E-state index in [1.165, 1.54) is 0 Å². The van der Waals surface area contributed by atoms with E-state index < -0.39 is 5.97 Å². The zero-order valence-corrected chi connectivity index (χ0v) is 10.2. The second-order valence-corrected chi connectivity index (χ2v) is 5.41. The fourth-order valence-corrected chi connectivity index (χ4v) is 2.14. The molecule has 0 aromatic rings. The number of carbonyl (C=O) groups excluding carboxylic acids is 1. The third-order valence-corrected chi connectivity index (χ3v) is 3.86. The Morgan fingerprint density at radius 1 is 1.35 bits per heavy atom. The number of piperidine rings is 1. The van der Waals surface area contributed by atoms with Gasteiger partial charge in [0.25, 0.3) is 0 Å². The third kappa shape index (κ3) is 3.19. The van der Waals surface area contributed by atoms with E-state index in [0.717, 1.165) is 12.8 Å². The van der Waals surface area contributed by atoms with Gasteiger partial charge in [0, 0.05) is 18.6 Å². The largest absolute Gasteiger partial charge is 0.481 e. The lowest BCUT2D eigenvalue weighted by atomic mass is 9.97. The van der Waals surface area contributed by atoms with E-state index in [0.29, 0.717) is 32.5 Å². The molecule has 0 spiro atoms. The summed E-state index contributed by atoms with van der Waals surface area (Å²) in [5.74, 6) is -0.907. The molecule has 1 saturated carbocycles. The number of likely N-dealkylation sites (tertiary alicyclic amines) is 1. The van der Waals surface area contributed by atoms with Crippen LogP contribution in [0.3, 0.4) is 0 Å². The molecule has 17 heavy (non-hydrogen) atoms. The van der Waals surface area contributed by atoms with Crippen molar-refractivity contribution >= 4 is 11.9 Å². The minimum Gasteiger partial charge on any atom is -0.481 e. The molecule has 0 unspecified atom stereocenters. The molecule has 1 saturated heterocycles. The summed E-state index contributed by atoms with van der Waals surface area (Å²) in [5.41, 5.74) is 0.176. The minimum absolute atomic E-state index is 0.0990. The summed E-state index contributed by atoms with van der Waals surface area (Å²) in [6.07, 6.45) is 3.44. The van der Waals surface area contributed by atoms with Crippen LogP contribution in [0, 0.1) is 5.92 Å². The first-order valence-electron chi connectivity index (χ1n) is 6.26. The van der Waals surface area contributed by atoms with Gasteiger partial charge in [-0.3, -0.25) is 9.59 Å². The van der Waals surface area contributed by atoms with Crippen LogP contribution in [0.25, 0.3) is 0 Å². The molecule has 0 atom stereocenters. The minimum atomic E-state index is -0.735. The van der Waals surface area contributed by atoms with Crippen LogP contribution in [-0.4, -0.2) is 47.1 Å². The first-order chi connectivity index (χ1) is 8.00. The van der Waals surface area contributed by atoms with Crippen molar-refractivity contribution in [2.75, 3.05) is 19.6 Å². The summed E-state index contributed by atoms with van der Waals surface area (Å²) in [4.78, 5) is 24.4. The highest BCUT2D eigenvalue weighted by atomic mass is 16.4. The number of amides is 1. The van der Waals surface area contributed by atoms with Gasteiger partial charge < -0.3 is 15.3 Å². The fraction of sp³-hybridized carbons (Fsp3) is 0.833. The summed E-state index contributed by atoms with van der Waals surface area (Å²) in [6.45, 7) is 3.66. The molecule has 5 nitrogen and oxygen atoms in total. The Hall–Kier alpha value is -1.10. The van der Waals surface area contributed by atoms with E-state index >= 15 is 0 Å². The van der Waals surface area contributed by atoms with Gasteiger partial charge in [-0.15, -0.1) is 0 Å². The number of hydrogen-bond donors (Lipinski definition) is 2. The standard InChI is InChI=1S/C12H20N2O3/c1-12(4-5-12)13-8-10(15)14-6-2-9(3-7-14)11(16)17/h9,13H,2-8H2,1H3,(H,16,17). The van der Waals surface area contributed by atoms with Gasteiger partial charge in [0.1, 0.15) is 0 Å². The molecule has 5 heteroatoms. The highest BCUT2D eigenvalue weighted by molar-refractivity contribution is 5.79. The van der Waals surface area contributed by atoms with Crippen LogP contribution in [0.1, 0.15) is 32.6 Å². The van der Waals surface area contributed by atoms with E-state index in [-0.39, 0.29) is 17.4 Å². The average Bonchev–Trinajstić information content (AvgIpc) is 3.05. The van der Waals surface area contributed by atoms with Crippen molar-refractivity contribution in [3.8, 4) is 0 Å². The molecule has 0 aromatic heterocycles. The molecular weight excluding hydrogens is 220 g/mol. The number of rotatable bonds is 4. The number of nitrogens with one attached hydrogen (secondary N) is 1. The predicted octanol–water partition coefficient (Wildman–Crippen LogP) is 0.452. The number of carboxylic acids is 1. The second kappa shape index (κ2) is 4.64. The van der Waals surface area contributed by atoms with Gasteiger partial charge in [-0.2, -0.15) is 0 Å². The number of hydrogen-bond acceptors (Lipinski definition) is 3. The topological polar surface area (TPSA) is 69.6 Å². The number of carbonyl (C=O) groups is 2. The molecule has 96 valence electrons. The van der Waals surface area contributed by atoms with Crippen molar-refractivity contribution < 1.29 is 14.7 Å². The van der Waals surface area contributed by atoms with E-state index in [1.54, 1.807) is 4.90 Å². The van der Waals surface area contributed by atoms with Crippen molar-refractivity contribution in [2.45, 2.75) is 38.1 Å². The Morgan fingerprint density at radius 2 is 1.94 bits per heavy atom. The van der Waals surface area contributed by atoms with Crippen molar-refractivity contribution in [3.05, 3.63) is 0 Å². The Labute approximate surface area is 101 Å². The van der Waals surface area contributed by atoms with Crippen LogP contribution in [0.5, 0.6) is 0 Å². The summed E-state index contributed by atoms with van der Waals surface area (Å²) in [7, 11) is 0. The molecule has 1 amide bonds. The number of aliphatic carboxylic acids is 1. The van der Waals surface area contributed by atoms with Crippen molar-refractivity contribution in [2.24, 2.45) is 5.92 Å².